The molecule has 1 aromatic heterocycles. The second-order valence-corrected chi connectivity index (χ2v) is 3.16. The molecule has 86 valence electrons. The lowest BCUT2D eigenvalue weighted by molar-refractivity contribution is 0.102. The van der Waals surface area contributed by atoms with Gasteiger partial charge >= 0.3 is 0 Å². The fourth-order valence-electron chi connectivity index (χ4n) is 1.22. The Labute approximate surface area is 96.3 Å². The van der Waals surface area contributed by atoms with Gasteiger partial charge < -0.3 is 10.8 Å². The number of nitrogens with zero attached hydrogens (tertiary/aromatic N) is 3. The van der Waals surface area contributed by atoms with E-state index in [1.807, 2.05) is 0 Å². The first kappa shape index (κ1) is 10.8. The molecular weight excluding hydrogens is 222 g/mol. The van der Waals surface area contributed by atoms with Crippen LogP contribution in [0.5, 0.6) is 5.75 Å². The van der Waals surface area contributed by atoms with Crippen molar-refractivity contribution in [2.75, 3.05) is 11.1 Å². The minimum atomic E-state index is -0.553. The number of amides is 1. The van der Waals surface area contributed by atoms with Gasteiger partial charge in [-0.15, -0.1) is 5.10 Å². The Balaban J connectivity index is 2.24. The minimum absolute atomic E-state index is 0.0532. The van der Waals surface area contributed by atoms with E-state index in [1.165, 1.54) is 24.5 Å². The molecule has 0 bridgehead atoms. The molecule has 2 aromatic rings. The number of benzene rings is 1. The van der Waals surface area contributed by atoms with E-state index >= 15 is 0 Å². The molecule has 1 amide bonds. The van der Waals surface area contributed by atoms with Crippen molar-refractivity contribution in [2.45, 2.75) is 0 Å². The Morgan fingerprint density at radius 2 is 2.18 bits per heavy atom. The van der Waals surface area contributed by atoms with Gasteiger partial charge in [0.1, 0.15) is 0 Å². The number of carbonyl (C=O) groups is 1. The van der Waals surface area contributed by atoms with Gasteiger partial charge in [0, 0.05) is 0 Å². The van der Waals surface area contributed by atoms with E-state index in [4.69, 9.17) is 5.73 Å². The summed E-state index contributed by atoms with van der Waals surface area (Å²) in [4.78, 5) is 15.5. The third kappa shape index (κ3) is 2.28. The number of hydrogen-bond acceptors (Lipinski definition) is 6. The lowest BCUT2D eigenvalue weighted by Crippen LogP contribution is -2.15. The molecule has 7 nitrogen and oxygen atoms in total. The van der Waals surface area contributed by atoms with E-state index in [9.17, 15) is 9.90 Å². The fraction of sp³-hybridized carbons (Fsp3) is 0. The summed E-state index contributed by atoms with van der Waals surface area (Å²) in [7, 11) is 0. The van der Waals surface area contributed by atoms with E-state index in [0.717, 1.165) is 0 Å². The molecule has 0 aliphatic rings. The van der Waals surface area contributed by atoms with Crippen molar-refractivity contribution in [3.8, 4) is 5.75 Å². The average molecular weight is 231 g/mol. The number of rotatable bonds is 2. The van der Waals surface area contributed by atoms with E-state index in [-0.39, 0.29) is 22.9 Å². The summed E-state index contributed by atoms with van der Waals surface area (Å²) < 4.78 is 0. The number of aromatic hydroxyl groups is 1. The largest absolute Gasteiger partial charge is 0.505 e. The molecule has 7 heteroatoms. The number of hydrogen-bond donors (Lipinski definition) is 3. The van der Waals surface area contributed by atoms with Crippen LogP contribution in [0.15, 0.2) is 30.6 Å². The van der Waals surface area contributed by atoms with Crippen molar-refractivity contribution in [1.82, 2.24) is 15.2 Å². The highest BCUT2D eigenvalue weighted by Crippen LogP contribution is 2.24. The highest BCUT2D eigenvalue weighted by Gasteiger charge is 2.13. The zero-order valence-corrected chi connectivity index (χ0v) is 8.66. The lowest BCUT2D eigenvalue weighted by Gasteiger charge is -2.06. The van der Waals surface area contributed by atoms with E-state index in [0.29, 0.717) is 0 Å². The molecule has 4 N–H and O–H groups in total. The Hall–Kier alpha value is -2.70. The molecular formula is C10H9N5O2. The number of para-hydroxylation sites is 1. The monoisotopic (exact) mass is 231 g/mol. The van der Waals surface area contributed by atoms with Crippen LogP contribution in [0.4, 0.5) is 11.6 Å². The van der Waals surface area contributed by atoms with Gasteiger partial charge in [0.05, 0.1) is 23.6 Å². The highest BCUT2D eigenvalue weighted by atomic mass is 16.3. The third-order valence-corrected chi connectivity index (χ3v) is 2.02. The molecule has 0 aliphatic heterocycles. The number of nitrogens with one attached hydrogen (secondary N) is 1. The number of phenolic OH excluding ortho intramolecular Hbond substituents is 1. The topological polar surface area (TPSA) is 114 Å². The van der Waals surface area contributed by atoms with E-state index in [2.05, 4.69) is 20.5 Å². The molecule has 0 saturated carbocycles. The van der Waals surface area contributed by atoms with Crippen LogP contribution >= 0.6 is 0 Å². The quantitative estimate of drug-likeness (QED) is 0.509. The first-order valence-electron chi connectivity index (χ1n) is 4.71. The number of carbonyl (C=O) groups excluding carboxylic acids is 1. The standard InChI is InChI=1S/C10H9N5O2/c11-7-3-1-2-6(8(7)16)9(17)14-10-12-4-5-13-15-10/h1-5,16H,11H2,(H,12,14,15,17). The SMILES string of the molecule is Nc1cccc(C(=O)Nc2nccnn2)c1O. The normalized spacial score (nSPS) is 9.88. The number of phenols is 1. The van der Waals surface area contributed by atoms with Crippen molar-refractivity contribution in [1.29, 1.82) is 0 Å². The van der Waals surface area contributed by atoms with Gasteiger partial charge in [-0.2, -0.15) is 5.10 Å². The Morgan fingerprint density at radius 3 is 2.88 bits per heavy atom. The molecule has 0 aliphatic carbocycles. The molecule has 0 saturated heterocycles. The molecule has 1 aromatic carbocycles. The van der Waals surface area contributed by atoms with Crippen LogP contribution in [0, 0.1) is 0 Å². The first-order valence-corrected chi connectivity index (χ1v) is 4.71. The van der Waals surface area contributed by atoms with Crippen LogP contribution < -0.4 is 11.1 Å². The van der Waals surface area contributed by atoms with Gasteiger partial charge in [0.2, 0.25) is 5.95 Å². The highest BCUT2D eigenvalue weighted by molar-refractivity contribution is 6.06. The maximum absolute atomic E-state index is 11.8. The summed E-state index contributed by atoms with van der Waals surface area (Å²) in [5, 5.41) is 19.1. The summed E-state index contributed by atoms with van der Waals surface area (Å²) >= 11 is 0. The average Bonchev–Trinajstić information content (AvgIpc) is 2.34. The Kier molecular flexibility index (Phi) is 2.82. The van der Waals surface area contributed by atoms with Crippen molar-refractivity contribution >= 4 is 17.5 Å². The summed E-state index contributed by atoms with van der Waals surface area (Å²) in [6.07, 6.45) is 2.77. The first-order chi connectivity index (χ1) is 8.18. The van der Waals surface area contributed by atoms with Crippen molar-refractivity contribution in [2.24, 2.45) is 0 Å². The van der Waals surface area contributed by atoms with Gasteiger partial charge in [-0.1, -0.05) is 6.07 Å². The molecule has 0 atom stereocenters. The van der Waals surface area contributed by atoms with Gasteiger partial charge in [-0.25, -0.2) is 4.98 Å². The van der Waals surface area contributed by atoms with Crippen LogP contribution in [0.1, 0.15) is 10.4 Å². The van der Waals surface area contributed by atoms with E-state index < -0.39 is 5.91 Å². The minimum Gasteiger partial charge on any atom is -0.505 e. The van der Waals surface area contributed by atoms with Crippen molar-refractivity contribution in [3.63, 3.8) is 0 Å². The number of aromatic nitrogens is 3. The lowest BCUT2D eigenvalue weighted by atomic mass is 10.1. The summed E-state index contributed by atoms with van der Waals surface area (Å²) in [5.74, 6) is -0.768. The van der Waals surface area contributed by atoms with Crippen LogP contribution in [0.25, 0.3) is 0 Å². The molecule has 1 heterocycles. The second-order valence-electron chi connectivity index (χ2n) is 3.16. The smallest absolute Gasteiger partial charge is 0.261 e. The van der Waals surface area contributed by atoms with Gasteiger partial charge in [0.25, 0.3) is 5.91 Å². The number of nitrogens with two attached hydrogens (primary N) is 1. The van der Waals surface area contributed by atoms with Crippen molar-refractivity contribution in [3.05, 3.63) is 36.2 Å². The predicted octanol–water partition coefficient (Wildman–Crippen LogP) is 0.412. The molecule has 0 spiro atoms. The fourth-order valence-corrected chi connectivity index (χ4v) is 1.22. The number of anilines is 2. The van der Waals surface area contributed by atoms with Crippen LogP contribution in [-0.4, -0.2) is 26.2 Å². The molecule has 0 unspecified atom stereocenters. The predicted molar refractivity (Wildman–Crippen MR) is 60.3 cm³/mol. The van der Waals surface area contributed by atoms with Gasteiger partial charge in [0.15, 0.2) is 5.75 Å². The van der Waals surface area contributed by atoms with Crippen LogP contribution in [0.2, 0.25) is 0 Å². The number of nitrogen functional groups attached to an aromatic ring is 1. The van der Waals surface area contributed by atoms with Crippen molar-refractivity contribution < 1.29 is 9.90 Å². The van der Waals surface area contributed by atoms with Gasteiger partial charge in [-0.3, -0.25) is 10.1 Å². The summed E-state index contributed by atoms with van der Waals surface area (Å²) in [6.45, 7) is 0. The van der Waals surface area contributed by atoms with Gasteiger partial charge in [-0.05, 0) is 12.1 Å². The third-order valence-electron chi connectivity index (χ3n) is 2.02. The Bertz CT molecular complexity index is 544. The maximum Gasteiger partial charge on any atom is 0.261 e. The van der Waals surface area contributed by atoms with Crippen LogP contribution in [-0.2, 0) is 0 Å². The van der Waals surface area contributed by atoms with Crippen LogP contribution in [0.3, 0.4) is 0 Å². The zero-order chi connectivity index (χ0) is 12.3. The summed E-state index contributed by atoms with van der Waals surface area (Å²) in [5.41, 5.74) is 5.66. The second kappa shape index (κ2) is 4.44. The Morgan fingerprint density at radius 1 is 1.35 bits per heavy atom. The molecule has 0 radical (unpaired) electrons. The van der Waals surface area contributed by atoms with E-state index in [1.54, 1.807) is 6.07 Å². The summed E-state index contributed by atoms with van der Waals surface area (Å²) in [6, 6.07) is 4.50. The molecule has 17 heavy (non-hydrogen) atoms. The molecule has 0 fully saturated rings. The zero-order valence-electron chi connectivity index (χ0n) is 8.66. The molecule has 2 rings (SSSR count). The maximum atomic E-state index is 11.8.